The van der Waals surface area contributed by atoms with E-state index in [0.717, 1.165) is 31.4 Å². The van der Waals surface area contributed by atoms with Crippen molar-refractivity contribution in [1.82, 2.24) is 4.90 Å². The summed E-state index contributed by atoms with van der Waals surface area (Å²) in [5, 5.41) is 34.5. The Morgan fingerprint density at radius 1 is 1.23 bits per heavy atom. The third kappa shape index (κ3) is 8.81. The summed E-state index contributed by atoms with van der Waals surface area (Å²) in [6.07, 6.45) is 6.61. The Morgan fingerprint density at radius 2 is 1.93 bits per heavy atom. The highest BCUT2D eigenvalue weighted by molar-refractivity contribution is 6.27. The largest absolute Gasteiger partial charge is 0.493 e. The summed E-state index contributed by atoms with van der Waals surface area (Å²) in [6, 6.07) is 5.88. The first-order chi connectivity index (χ1) is 14.3. The molecule has 1 heterocycles. The maximum atomic E-state index is 10.3. The first kappa shape index (κ1) is 25.4. The Bertz CT molecular complexity index is 694. The summed E-state index contributed by atoms with van der Waals surface area (Å²) in [4.78, 5) is 20.4. The van der Waals surface area contributed by atoms with Crippen molar-refractivity contribution in [3.8, 4) is 11.5 Å². The Balaban J connectivity index is 0.000000656. The van der Waals surface area contributed by atoms with Crippen LogP contribution in [0.2, 0.25) is 0 Å². The molecule has 1 aromatic carbocycles. The zero-order chi connectivity index (χ0) is 22.5. The highest BCUT2D eigenvalue weighted by Crippen LogP contribution is 2.28. The number of aliphatic hydroxyl groups excluding tert-OH is 2. The minimum atomic E-state index is -1.82. The van der Waals surface area contributed by atoms with Crippen molar-refractivity contribution in [2.75, 3.05) is 33.4 Å². The molecule has 4 N–H and O–H groups in total. The van der Waals surface area contributed by atoms with E-state index in [1.54, 1.807) is 7.11 Å². The summed E-state index contributed by atoms with van der Waals surface area (Å²) in [7, 11) is 1.61. The second-order valence-electron chi connectivity index (χ2n) is 6.81. The van der Waals surface area contributed by atoms with Crippen molar-refractivity contribution < 1.29 is 39.5 Å². The number of rotatable bonds is 8. The molecule has 0 amide bonds. The maximum Gasteiger partial charge on any atom is 0.414 e. The Labute approximate surface area is 176 Å². The van der Waals surface area contributed by atoms with Crippen molar-refractivity contribution in [2.45, 2.75) is 38.3 Å². The van der Waals surface area contributed by atoms with E-state index in [-0.39, 0.29) is 19.3 Å². The molecule has 0 spiro atoms. The SMILES string of the molecule is C/C=C/c1ccc(OCC(O)CN2CCCCC2CO)c(OC)c1.O=C(O)C(=O)O. The van der Waals surface area contributed by atoms with Gasteiger partial charge >= 0.3 is 11.9 Å². The molecule has 168 valence electrons. The number of methoxy groups -OCH3 is 1. The average Bonchev–Trinajstić information content (AvgIpc) is 2.73. The molecule has 0 saturated carbocycles. The predicted octanol–water partition coefficient (Wildman–Crippen LogP) is 1.47. The second-order valence-corrected chi connectivity index (χ2v) is 6.81. The summed E-state index contributed by atoms with van der Waals surface area (Å²) < 4.78 is 11.1. The first-order valence-corrected chi connectivity index (χ1v) is 9.75. The molecule has 1 fully saturated rings. The fraction of sp³-hybridized carbons (Fsp3) is 0.524. The molecule has 0 radical (unpaired) electrons. The number of β-amino-alcohol motifs (C(OH)–C–C–N with tert-alkyl or cyclic N) is 1. The van der Waals surface area contributed by atoms with E-state index >= 15 is 0 Å². The number of benzene rings is 1. The molecule has 0 aliphatic carbocycles. The van der Waals surface area contributed by atoms with Crippen molar-refractivity contribution in [2.24, 2.45) is 0 Å². The number of hydrogen-bond acceptors (Lipinski definition) is 7. The van der Waals surface area contributed by atoms with Crippen LogP contribution >= 0.6 is 0 Å². The lowest BCUT2D eigenvalue weighted by Gasteiger charge is -2.35. The smallest absolute Gasteiger partial charge is 0.414 e. The van der Waals surface area contributed by atoms with Crippen molar-refractivity contribution in [3.63, 3.8) is 0 Å². The van der Waals surface area contributed by atoms with Crippen LogP contribution in [0, 0.1) is 0 Å². The van der Waals surface area contributed by atoms with E-state index in [2.05, 4.69) is 4.90 Å². The summed E-state index contributed by atoms with van der Waals surface area (Å²) in [5.74, 6) is -2.36. The number of likely N-dealkylation sites (tertiary alicyclic amines) is 1. The van der Waals surface area contributed by atoms with Gasteiger partial charge in [0.25, 0.3) is 0 Å². The van der Waals surface area contributed by atoms with Crippen LogP contribution in [0.25, 0.3) is 6.08 Å². The molecule has 2 rings (SSSR count). The lowest BCUT2D eigenvalue weighted by Crippen LogP contribution is -2.46. The van der Waals surface area contributed by atoms with Gasteiger partial charge in [0.05, 0.1) is 13.7 Å². The highest BCUT2D eigenvalue weighted by atomic mass is 16.5. The van der Waals surface area contributed by atoms with E-state index in [1.165, 1.54) is 0 Å². The van der Waals surface area contributed by atoms with E-state index < -0.39 is 18.0 Å². The molecule has 9 nitrogen and oxygen atoms in total. The van der Waals surface area contributed by atoms with Crippen LogP contribution < -0.4 is 9.47 Å². The zero-order valence-corrected chi connectivity index (χ0v) is 17.4. The Hall–Kier alpha value is -2.62. The number of aliphatic hydroxyl groups is 2. The van der Waals surface area contributed by atoms with Gasteiger partial charge in [-0.3, -0.25) is 4.90 Å². The van der Waals surface area contributed by atoms with Gasteiger partial charge in [0.15, 0.2) is 11.5 Å². The minimum Gasteiger partial charge on any atom is -0.493 e. The molecule has 1 saturated heterocycles. The summed E-state index contributed by atoms with van der Waals surface area (Å²) in [5.41, 5.74) is 1.04. The van der Waals surface area contributed by atoms with Gasteiger partial charge in [-0.1, -0.05) is 24.6 Å². The van der Waals surface area contributed by atoms with Gasteiger partial charge in [0.2, 0.25) is 0 Å². The first-order valence-electron chi connectivity index (χ1n) is 9.75. The number of hydrogen-bond donors (Lipinski definition) is 4. The lowest BCUT2D eigenvalue weighted by molar-refractivity contribution is -0.159. The molecular weight excluding hydrogens is 394 g/mol. The predicted molar refractivity (Wildman–Crippen MR) is 111 cm³/mol. The minimum absolute atomic E-state index is 0.147. The molecule has 0 aromatic heterocycles. The van der Waals surface area contributed by atoms with Crippen LogP contribution in [-0.4, -0.2) is 82.8 Å². The lowest BCUT2D eigenvalue weighted by atomic mass is 10.0. The number of ether oxygens (including phenoxy) is 2. The molecular formula is C21H31NO8. The molecule has 2 atom stereocenters. The number of piperidine rings is 1. The Kier molecular flexibility index (Phi) is 11.5. The van der Waals surface area contributed by atoms with Crippen LogP contribution in [0.3, 0.4) is 0 Å². The van der Waals surface area contributed by atoms with Gasteiger partial charge in [0.1, 0.15) is 12.7 Å². The van der Waals surface area contributed by atoms with Gasteiger partial charge < -0.3 is 29.9 Å². The number of carboxylic acid groups (broad SMARTS) is 2. The van der Waals surface area contributed by atoms with E-state index in [4.69, 9.17) is 29.3 Å². The molecule has 1 aliphatic rings. The second kappa shape index (κ2) is 13.6. The normalized spacial score (nSPS) is 17.7. The van der Waals surface area contributed by atoms with Crippen LogP contribution in [0.5, 0.6) is 11.5 Å². The number of aliphatic carboxylic acids is 2. The van der Waals surface area contributed by atoms with Gasteiger partial charge in [-0.2, -0.15) is 0 Å². The van der Waals surface area contributed by atoms with Crippen molar-refractivity contribution >= 4 is 18.0 Å². The van der Waals surface area contributed by atoms with Crippen LogP contribution in [-0.2, 0) is 9.59 Å². The molecule has 0 bridgehead atoms. The molecule has 30 heavy (non-hydrogen) atoms. The van der Waals surface area contributed by atoms with Gasteiger partial charge in [0, 0.05) is 12.6 Å². The highest BCUT2D eigenvalue weighted by Gasteiger charge is 2.24. The third-order valence-electron chi connectivity index (χ3n) is 4.57. The Morgan fingerprint density at radius 3 is 2.50 bits per heavy atom. The number of carbonyl (C=O) groups is 2. The topological polar surface area (TPSA) is 137 Å². The number of allylic oxidation sites excluding steroid dienone is 1. The summed E-state index contributed by atoms with van der Waals surface area (Å²) >= 11 is 0. The van der Waals surface area contributed by atoms with E-state index in [0.29, 0.717) is 18.0 Å². The van der Waals surface area contributed by atoms with Gasteiger partial charge in [-0.05, 0) is 44.0 Å². The van der Waals surface area contributed by atoms with E-state index in [9.17, 15) is 10.2 Å². The maximum absolute atomic E-state index is 10.3. The van der Waals surface area contributed by atoms with E-state index in [1.807, 2.05) is 37.3 Å². The third-order valence-corrected chi connectivity index (χ3v) is 4.57. The van der Waals surface area contributed by atoms with Crippen molar-refractivity contribution in [3.05, 3.63) is 29.8 Å². The van der Waals surface area contributed by atoms with Crippen LogP contribution in [0.15, 0.2) is 24.3 Å². The van der Waals surface area contributed by atoms with Gasteiger partial charge in [-0.15, -0.1) is 0 Å². The average molecular weight is 425 g/mol. The number of nitrogens with zero attached hydrogens (tertiary/aromatic N) is 1. The molecule has 2 unspecified atom stereocenters. The van der Waals surface area contributed by atoms with Crippen LogP contribution in [0.1, 0.15) is 31.7 Å². The zero-order valence-electron chi connectivity index (χ0n) is 17.4. The standard InChI is InChI=1S/C19H29NO4.C2H2O4/c1-3-6-15-8-9-18(19(11-15)23-2)24-14-17(22)12-20-10-5-4-7-16(20)13-21;3-1(4)2(5)6/h3,6,8-9,11,16-17,21-22H,4-5,7,10,12-14H2,1-2H3;(H,3,4)(H,5,6)/b6-3+;. The molecule has 1 aromatic rings. The van der Waals surface area contributed by atoms with Crippen molar-refractivity contribution in [1.29, 1.82) is 0 Å². The summed E-state index contributed by atoms with van der Waals surface area (Å²) in [6.45, 7) is 3.75. The molecule has 9 heteroatoms. The van der Waals surface area contributed by atoms with Crippen LogP contribution in [0.4, 0.5) is 0 Å². The fourth-order valence-electron chi connectivity index (χ4n) is 3.12. The molecule has 1 aliphatic heterocycles. The monoisotopic (exact) mass is 425 g/mol. The van der Waals surface area contributed by atoms with Gasteiger partial charge in [-0.25, -0.2) is 9.59 Å². The fourth-order valence-corrected chi connectivity index (χ4v) is 3.12. The number of carboxylic acids is 2. The quantitative estimate of drug-likeness (QED) is 0.456.